The van der Waals surface area contributed by atoms with Gasteiger partial charge in [0.2, 0.25) is 0 Å². The van der Waals surface area contributed by atoms with E-state index >= 15 is 0 Å². The molecule has 0 aromatic heterocycles. The average Bonchev–Trinajstić information content (AvgIpc) is 2.34. The van der Waals surface area contributed by atoms with Crippen LogP contribution in [0.2, 0.25) is 0 Å². The van der Waals surface area contributed by atoms with Gasteiger partial charge < -0.3 is 0 Å². The lowest BCUT2D eigenvalue weighted by molar-refractivity contribution is 0.373. The van der Waals surface area contributed by atoms with Crippen LogP contribution >= 0.6 is 0 Å². The van der Waals surface area contributed by atoms with Gasteiger partial charge in [0.1, 0.15) is 0 Å². The summed E-state index contributed by atoms with van der Waals surface area (Å²) in [4.78, 5) is 4.53. The van der Waals surface area contributed by atoms with E-state index in [4.69, 9.17) is 0 Å². The Balaban J connectivity index is 0.00000137. The van der Waals surface area contributed by atoms with Crippen molar-refractivity contribution < 1.29 is 0 Å². The van der Waals surface area contributed by atoms with Crippen molar-refractivity contribution in [1.82, 2.24) is 0 Å². The third kappa shape index (κ3) is 3.69. The van der Waals surface area contributed by atoms with E-state index in [1.165, 1.54) is 11.1 Å². The summed E-state index contributed by atoms with van der Waals surface area (Å²) in [5.41, 5.74) is 3.90. The zero-order valence-corrected chi connectivity index (χ0v) is 13.3. The maximum Gasteiger partial charge on any atom is 0.0692 e. The second-order valence-electron chi connectivity index (χ2n) is 5.23. The molecule has 1 nitrogen and oxygen atoms in total. The van der Waals surface area contributed by atoms with E-state index in [0.29, 0.717) is 5.92 Å². The predicted molar refractivity (Wildman–Crippen MR) is 84.2 cm³/mol. The number of hydrogen-bond acceptors (Lipinski definition) is 1. The van der Waals surface area contributed by atoms with Crippen LogP contribution < -0.4 is 0 Å². The van der Waals surface area contributed by atoms with Crippen molar-refractivity contribution in [3.63, 3.8) is 0 Å². The molecule has 0 N–H and O–H groups in total. The van der Waals surface area contributed by atoms with E-state index < -0.39 is 0 Å². The summed E-state index contributed by atoms with van der Waals surface area (Å²) >= 11 is 0. The number of para-hydroxylation sites is 1. The maximum absolute atomic E-state index is 4.53. The van der Waals surface area contributed by atoms with Crippen molar-refractivity contribution in [3.05, 3.63) is 29.3 Å². The summed E-state index contributed by atoms with van der Waals surface area (Å²) in [6, 6.07) is 6.46. The third-order valence-electron chi connectivity index (χ3n) is 3.63. The highest BCUT2D eigenvalue weighted by molar-refractivity contribution is 5.66. The molecule has 0 bridgehead atoms. The van der Waals surface area contributed by atoms with E-state index in [2.05, 4.69) is 57.8 Å². The average molecular weight is 247 g/mol. The Morgan fingerprint density at radius 1 is 1.17 bits per heavy atom. The fourth-order valence-corrected chi connectivity index (χ4v) is 1.79. The van der Waals surface area contributed by atoms with Crippen molar-refractivity contribution in [2.24, 2.45) is 10.9 Å². The topological polar surface area (TPSA) is 12.4 Å². The molecular weight excluding hydrogens is 218 g/mol. The molecule has 102 valence electrons. The molecule has 0 amide bonds. The first-order valence-corrected chi connectivity index (χ1v) is 7.00. The van der Waals surface area contributed by atoms with Gasteiger partial charge in [-0.2, -0.15) is 0 Å². The first kappa shape index (κ1) is 16.9. The molecule has 0 fully saturated rings. The van der Waals surface area contributed by atoms with Gasteiger partial charge in [0, 0.05) is 6.21 Å². The van der Waals surface area contributed by atoms with Crippen LogP contribution in [0.3, 0.4) is 0 Å². The van der Waals surface area contributed by atoms with Crippen LogP contribution in [0.15, 0.2) is 23.2 Å². The van der Waals surface area contributed by atoms with Gasteiger partial charge in [0.15, 0.2) is 0 Å². The molecule has 1 heteroatoms. The molecule has 0 atom stereocenters. The molecule has 0 aliphatic carbocycles. The van der Waals surface area contributed by atoms with Gasteiger partial charge in [-0.05, 0) is 36.3 Å². The van der Waals surface area contributed by atoms with Crippen LogP contribution in [0.1, 0.15) is 59.6 Å². The van der Waals surface area contributed by atoms with Crippen molar-refractivity contribution >= 4 is 11.9 Å². The van der Waals surface area contributed by atoms with Gasteiger partial charge in [-0.25, -0.2) is 0 Å². The fourth-order valence-electron chi connectivity index (χ4n) is 1.79. The predicted octanol–water partition coefficient (Wildman–Crippen LogP) is 5.68. The highest BCUT2D eigenvalue weighted by Crippen LogP contribution is 2.38. The van der Waals surface area contributed by atoms with E-state index in [1.54, 1.807) is 0 Å². The monoisotopic (exact) mass is 247 g/mol. The van der Waals surface area contributed by atoms with Crippen molar-refractivity contribution in [3.8, 4) is 0 Å². The lowest BCUT2D eigenvalue weighted by Gasteiger charge is -2.31. The Labute approximate surface area is 113 Å². The van der Waals surface area contributed by atoms with Crippen LogP contribution in [0.25, 0.3) is 0 Å². The van der Waals surface area contributed by atoms with Crippen LogP contribution in [0, 0.1) is 12.8 Å². The summed E-state index contributed by atoms with van der Waals surface area (Å²) in [6.07, 6.45) is 1.88. The minimum Gasteiger partial charge on any atom is -0.261 e. The van der Waals surface area contributed by atoms with Gasteiger partial charge in [-0.3, -0.25) is 4.99 Å². The Morgan fingerprint density at radius 3 is 2.17 bits per heavy atom. The molecule has 1 rings (SSSR count). The number of aliphatic imine (C=N–C) groups is 1. The van der Waals surface area contributed by atoms with Crippen molar-refractivity contribution in [2.75, 3.05) is 0 Å². The molecule has 0 saturated carbocycles. The number of benzene rings is 1. The molecule has 0 spiro atoms. The fraction of sp³-hybridized carbons (Fsp3) is 0.588. The first-order valence-electron chi connectivity index (χ1n) is 7.00. The summed E-state index contributed by atoms with van der Waals surface area (Å²) in [6.45, 7) is 17.2. The van der Waals surface area contributed by atoms with Gasteiger partial charge in [-0.1, -0.05) is 59.7 Å². The lowest BCUT2D eigenvalue weighted by Crippen LogP contribution is -2.24. The maximum atomic E-state index is 4.53. The summed E-state index contributed by atoms with van der Waals surface area (Å²) in [5, 5.41) is 0. The smallest absolute Gasteiger partial charge is 0.0692 e. The molecule has 18 heavy (non-hydrogen) atoms. The van der Waals surface area contributed by atoms with Crippen LogP contribution in [0.4, 0.5) is 5.69 Å². The number of hydrogen-bond donors (Lipinski definition) is 0. The van der Waals surface area contributed by atoms with Gasteiger partial charge in [0.05, 0.1) is 5.69 Å². The lowest BCUT2D eigenvalue weighted by atomic mass is 9.74. The second kappa shape index (κ2) is 7.35. The molecule has 1 aromatic rings. The highest BCUT2D eigenvalue weighted by atomic mass is 14.7. The van der Waals surface area contributed by atoms with Crippen LogP contribution in [-0.2, 0) is 5.41 Å². The highest BCUT2D eigenvalue weighted by Gasteiger charge is 2.27. The largest absolute Gasteiger partial charge is 0.261 e. The zero-order valence-electron chi connectivity index (χ0n) is 13.3. The molecule has 0 radical (unpaired) electrons. The molecular formula is C17H29N. The number of nitrogens with zero attached hydrogens (tertiary/aromatic N) is 1. The second-order valence-corrected chi connectivity index (χ2v) is 5.23. The quantitative estimate of drug-likeness (QED) is 0.610. The Morgan fingerprint density at radius 2 is 1.72 bits per heavy atom. The summed E-state index contributed by atoms with van der Waals surface area (Å²) < 4.78 is 0. The van der Waals surface area contributed by atoms with Crippen LogP contribution in [-0.4, -0.2) is 6.21 Å². The van der Waals surface area contributed by atoms with Gasteiger partial charge >= 0.3 is 0 Å². The standard InChI is InChI=1S/C15H23N.C2H6/c1-7-16-14-12(4)9-8-10-13(14)15(5,6)11(2)3;1-2/h7-11H,1-6H3;1-2H3. The minimum atomic E-state index is 0.161. The molecule has 1 aromatic carbocycles. The van der Waals surface area contributed by atoms with Gasteiger partial charge in [0.25, 0.3) is 0 Å². The number of aryl methyl sites for hydroxylation is 1. The Bertz CT molecular complexity index is 387. The number of rotatable bonds is 3. The van der Waals surface area contributed by atoms with Crippen molar-refractivity contribution in [2.45, 2.75) is 60.8 Å². The first-order chi connectivity index (χ1) is 8.41. The molecule has 0 saturated heterocycles. The van der Waals surface area contributed by atoms with E-state index in [0.717, 1.165) is 5.69 Å². The van der Waals surface area contributed by atoms with E-state index in [9.17, 15) is 0 Å². The van der Waals surface area contributed by atoms with E-state index in [-0.39, 0.29) is 5.41 Å². The molecule has 0 aliphatic rings. The Kier molecular flexibility index (Phi) is 6.90. The molecule has 0 aliphatic heterocycles. The molecule has 0 unspecified atom stereocenters. The normalized spacial score (nSPS) is 11.6. The van der Waals surface area contributed by atoms with E-state index in [1.807, 2.05) is 27.0 Å². The zero-order chi connectivity index (χ0) is 14.3. The molecule has 0 heterocycles. The third-order valence-corrected chi connectivity index (χ3v) is 3.63. The SMILES string of the molecule is CC.CC=Nc1c(C)cccc1C(C)(C)C(C)C. The summed E-state index contributed by atoms with van der Waals surface area (Å²) in [5.74, 6) is 0.597. The van der Waals surface area contributed by atoms with Crippen LogP contribution in [0.5, 0.6) is 0 Å². The van der Waals surface area contributed by atoms with Crippen molar-refractivity contribution in [1.29, 1.82) is 0 Å². The minimum absolute atomic E-state index is 0.161. The Hall–Kier alpha value is -1.11. The summed E-state index contributed by atoms with van der Waals surface area (Å²) in [7, 11) is 0. The van der Waals surface area contributed by atoms with Gasteiger partial charge in [-0.15, -0.1) is 0 Å².